The van der Waals surface area contributed by atoms with Crippen LogP contribution in [0, 0.1) is 11.7 Å². The van der Waals surface area contributed by atoms with E-state index in [0.717, 1.165) is 37.7 Å². The zero-order chi connectivity index (χ0) is 17.2. The van der Waals surface area contributed by atoms with Crippen LogP contribution in [0.25, 0.3) is 0 Å². The molecule has 25 heavy (non-hydrogen) atoms. The maximum Gasteiger partial charge on any atom is 0.253 e. The van der Waals surface area contributed by atoms with Crippen molar-refractivity contribution in [1.29, 1.82) is 0 Å². The molecule has 1 aliphatic heterocycles. The Labute approximate surface area is 147 Å². The normalized spacial score (nSPS) is 21.2. The summed E-state index contributed by atoms with van der Waals surface area (Å²) in [4.78, 5) is 19.2. The molecule has 1 amide bonds. The fourth-order valence-electron chi connectivity index (χ4n) is 3.94. The van der Waals surface area contributed by atoms with Gasteiger partial charge in [0.05, 0.1) is 0 Å². The second-order valence-electron chi connectivity index (χ2n) is 7.33. The van der Waals surface area contributed by atoms with Crippen molar-refractivity contribution in [3.8, 4) is 0 Å². The molecule has 1 aliphatic carbocycles. The lowest BCUT2D eigenvalue weighted by Gasteiger charge is -2.33. The van der Waals surface area contributed by atoms with Gasteiger partial charge in [0, 0.05) is 43.5 Å². The monoisotopic (exact) mass is 341 g/mol. The van der Waals surface area contributed by atoms with E-state index in [9.17, 15) is 9.18 Å². The van der Waals surface area contributed by atoms with Crippen LogP contribution in [0.15, 0.2) is 36.7 Å². The first-order valence-corrected chi connectivity index (χ1v) is 9.26. The van der Waals surface area contributed by atoms with Crippen molar-refractivity contribution in [3.05, 3.63) is 53.9 Å². The van der Waals surface area contributed by atoms with Crippen LogP contribution in [-0.4, -0.2) is 33.4 Å². The second-order valence-corrected chi connectivity index (χ2v) is 7.33. The lowest BCUT2D eigenvalue weighted by molar-refractivity contribution is 0.0702. The van der Waals surface area contributed by atoms with Gasteiger partial charge >= 0.3 is 0 Å². The van der Waals surface area contributed by atoms with Gasteiger partial charge in [-0.1, -0.05) is 6.42 Å². The lowest BCUT2D eigenvalue weighted by Crippen LogP contribution is -2.40. The fourth-order valence-corrected chi connectivity index (χ4v) is 3.94. The first kappa shape index (κ1) is 16.3. The van der Waals surface area contributed by atoms with Crippen LogP contribution >= 0.6 is 0 Å². The number of imidazole rings is 1. The van der Waals surface area contributed by atoms with Crippen molar-refractivity contribution in [2.75, 3.05) is 13.1 Å². The Morgan fingerprint density at radius 2 is 1.96 bits per heavy atom. The second kappa shape index (κ2) is 6.98. The quantitative estimate of drug-likeness (QED) is 0.847. The van der Waals surface area contributed by atoms with Gasteiger partial charge in [-0.05, 0) is 55.9 Å². The van der Waals surface area contributed by atoms with Crippen LogP contribution < -0.4 is 0 Å². The molecule has 2 heterocycles. The Balaban J connectivity index is 1.46. The molecule has 1 saturated heterocycles. The van der Waals surface area contributed by atoms with Gasteiger partial charge in [0.1, 0.15) is 11.6 Å². The van der Waals surface area contributed by atoms with Gasteiger partial charge in [0.2, 0.25) is 0 Å². The minimum Gasteiger partial charge on any atom is -0.338 e. The molecule has 1 saturated carbocycles. The molecule has 5 heteroatoms. The number of hydrogen-bond donors (Lipinski definition) is 0. The molecular weight excluding hydrogens is 317 g/mol. The number of carbonyl (C=O) groups is 1. The highest BCUT2D eigenvalue weighted by molar-refractivity contribution is 5.94. The average Bonchev–Trinajstić information content (AvgIpc) is 3.07. The fraction of sp³-hybridized carbons (Fsp3) is 0.500. The van der Waals surface area contributed by atoms with Crippen LogP contribution in [0.5, 0.6) is 0 Å². The number of amides is 1. The third-order valence-electron chi connectivity index (χ3n) is 5.59. The highest BCUT2D eigenvalue weighted by atomic mass is 19.1. The Kier molecular flexibility index (Phi) is 4.55. The standard InChI is InChI=1S/C20H24FN3O/c21-18-8-6-16(7-9-18)20(25)24-11-2-5-17(14-24)19-22-10-12-23(19)13-15-3-1-4-15/h6-10,12,15,17H,1-5,11,13-14H2. The topological polar surface area (TPSA) is 38.1 Å². The molecule has 0 radical (unpaired) electrons. The minimum absolute atomic E-state index is 0.0122. The van der Waals surface area contributed by atoms with Crippen molar-refractivity contribution >= 4 is 5.91 Å². The third-order valence-corrected chi connectivity index (χ3v) is 5.59. The molecular formula is C20H24FN3O. The van der Waals surface area contributed by atoms with E-state index in [1.165, 1.54) is 31.4 Å². The lowest BCUT2D eigenvalue weighted by atomic mass is 9.85. The molecule has 1 aromatic heterocycles. The molecule has 0 spiro atoms. The number of aromatic nitrogens is 2. The van der Waals surface area contributed by atoms with Crippen molar-refractivity contribution in [2.45, 2.75) is 44.6 Å². The average molecular weight is 341 g/mol. The number of rotatable bonds is 4. The summed E-state index contributed by atoms with van der Waals surface area (Å²) >= 11 is 0. The largest absolute Gasteiger partial charge is 0.338 e. The molecule has 2 aliphatic rings. The Bertz CT molecular complexity index is 736. The predicted molar refractivity (Wildman–Crippen MR) is 93.8 cm³/mol. The molecule has 4 nitrogen and oxygen atoms in total. The molecule has 0 N–H and O–H groups in total. The van der Waals surface area contributed by atoms with E-state index in [0.29, 0.717) is 12.1 Å². The SMILES string of the molecule is O=C(c1ccc(F)cc1)N1CCCC(c2nccn2CC2CCC2)C1. The number of halogens is 1. The van der Waals surface area contributed by atoms with Crippen LogP contribution in [-0.2, 0) is 6.54 Å². The summed E-state index contributed by atoms with van der Waals surface area (Å²) in [7, 11) is 0. The number of carbonyl (C=O) groups excluding carboxylic acids is 1. The van der Waals surface area contributed by atoms with Crippen LogP contribution in [0.2, 0.25) is 0 Å². The molecule has 1 aromatic carbocycles. The van der Waals surface area contributed by atoms with Gasteiger partial charge in [-0.25, -0.2) is 9.37 Å². The van der Waals surface area contributed by atoms with E-state index in [-0.39, 0.29) is 17.6 Å². The van der Waals surface area contributed by atoms with Gasteiger partial charge in [-0.2, -0.15) is 0 Å². The van der Waals surface area contributed by atoms with E-state index in [2.05, 4.69) is 15.7 Å². The first-order valence-electron chi connectivity index (χ1n) is 9.26. The van der Waals surface area contributed by atoms with Crippen molar-refractivity contribution in [1.82, 2.24) is 14.5 Å². The van der Waals surface area contributed by atoms with Crippen molar-refractivity contribution in [3.63, 3.8) is 0 Å². The van der Waals surface area contributed by atoms with E-state index in [1.807, 2.05) is 11.1 Å². The highest BCUT2D eigenvalue weighted by Crippen LogP contribution is 2.31. The summed E-state index contributed by atoms with van der Waals surface area (Å²) in [6, 6.07) is 5.83. The Hall–Kier alpha value is -2.17. The Morgan fingerprint density at radius 3 is 2.68 bits per heavy atom. The maximum absolute atomic E-state index is 13.1. The minimum atomic E-state index is -0.314. The highest BCUT2D eigenvalue weighted by Gasteiger charge is 2.29. The molecule has 1 unspecified atom stereocenters. The summed E-state index contributed by atoms with van der Waals surface area (Å²) in [5.41, 5.74) is 0.555. The van der Waals surface area contributed by atoms with E-state index < -0.39 is 0 Å². The van der Waals surface area contributed by atoms with Crippen LogP contribution in [0.1, 0.15) is 54.2 Å². The summed E-state index contributed by atoms with van der Waals surface area (Å²) < 4.78 is 15.4. The summed E-state index contributed by atoms with van der Waals surface area (Å²) in [6.07, 6.45) is 9.99. The molecule has 1 atom stereocenters. The number of nitrogens with zero attached hydrogens (tertiary/aromatic N) is 3. The Morgan fingerprint density at radius 1 is 1.16 bits per heavy atom. The van der Waals surface area contributed by atoms with Gasteiger partial charge in [-0.3, -0.25) is 4.79 Å². The number of benzene rings is 1. The number of hydrogen-bond acceptors (Lipinski definition) is 2. The number of piperidine rings is 1. The summed E-state index contributed by atoms with van der Waals surface area (Å²) in [5.74, 6) is 1.86. The molecule has 2 fully saturated rings. The van der Waals surface area contributed by atoms with Crippen molar-refractivity contribution in [2.24, 2.45) is 5.92 Å². The molecule has 0 bridgehead atoms. The molecule has 4 rings (SSSR count). The molecule has 132 valence electrons. The zero-order valence-electron chi connectivity index (χ0n) is 14.4. The van der Waals surface area contributed by atoms with Crippen LogP contribution in [0.4, 0.5) is 4.39 Å². The number of likely N-dealkylation sites (tertiary alicyclic amines) is 1. The van der Waals surface area contributed by atoms with E-state index in [4.69, 9.17) is 0 Å². The predicted octanol–water partition coefficient (Wildman–Crippen LogP) is 3.84. The van der Waals surface area contributed by atoms with Gasteiger partial charge in [0.25, 0.3) is 5.91 Å². The van der Waals surface area contributed by atoms with E-state index in [1.54, 1.807) is 12.1 Å². The first-order chi connectivity index (χ1) is 12.2. The third kappa shape index (κ3) is 3.46. The van der Waals surface area contributed by atoms with Gasteiger partial charge in [0.15, 0.2) is 0 Å². The smallest absolute Gasteiger partial charge is 0.253 e. The van der Waals surface area contributed by atoms with Gasteiger partial charge < -0.3 is 9.47 Å². The molecule has 2 aromatic rings. The zero-order valence-corrected chi connectivity index (χ0v) is 14.4. The summed E-state index contributed by atoms with van der Waals surface area (Å²) in [5, 5.41) is 0. The van der Waals surface area contributed by atoms with Crippen molar-refractivity contribution < 1.29 is 9.18 Å². The maximum atomic E-state index is 13.1. The van der Waals surface area contributed by atoms with Gasteiger partial charge in [-0.15, -0.1) is 0 Å². The van der Waals surface area contributed by atoms with E-state index >= 15 is 0 Å². The summed E-state index contributed by atoms with van der Waals surface area (Å²) in [6.45, 7) is 2.51. The van der Waals surface area contributed by atoms with Crippen LogP contribution in [0.3, 0.4) is 0 Å².